The molecule has 2 saturated heterocycles. The lowest BCUT2D eigenvalue weighted by Crippen LogP contribution is -2.66. The molecule has 2 heterocycles. The standard InChI is InChI=1S/C23H27F8N3O4/c24-12-3-6-18(14(10-12)21(7-9-36-21)22(26,27)28)37-19-16(2-1-8-32-19)33-20(35)34-17-11-13(4-5-15(17)25)38-23(29,30)31/h4-5,11-12,14,16,18-19,32H,1-3,6-10H2,(H2,33,34,35)/t12?,14?,16?,18?,19?,21-/m1/s1. The van der Waals surface area contributed by atoms with Crippen LogP contribution in [0.3, 0.4) is 0 Å². The van der Waals surface area contributed by atoms with Crippen molar-refractivity contribution in [1.82, 2.24) is 10.6 Å². The first-order valence-corrected chi connectivity index (χ1v) is 12.1. The molecule has 2 aliphatic heterocycles. The zero-order chi connectivity index (χ0) is 27.7. The Hall–Kier alpha value is -2.39. The number of alkyl halides is 7. The Morgan fingerprint density at radius 3 is 2.50 bits per heavy atom. The van der Waals surface area contributed by atoms with E-state index >= 15 is 0 Å². The fraction of sp³-hybridized carbons (Fsp3) is 0.696. The highest BCUT2D eigenvalue weighted by molar-refractivity contribution is 5.89. The minimum Gasteiger partial charge on any atom is -0.406 e. The summed E-state index contributed by atoms with van der Waals surface area (Å²) in [6.07, 6.45) is -12.9. The van der Waals surface area contributed by atoms with Crippen molar-refractivity contribution < 1.29 is 54.1 Å². The highest BCUT2D eigenvalue weighted by atomic mass is 19.4. The monoisotopic (exact) mass is 561 g/mol. The molecule has 5 unspecified atom stereocenters. The van der Waals surface area contributed by atoms with E-state index in [1.54, 1.807) is 0 Å². The van der Waals surface area contributed by atoms with Gasteiger partial charge < -0.3 is 24.8 Å². The molecule has 3 fully saturated rings. The smallest absolute Gasteiger partial charge is 0.406 e. The molecule has 15 heteroatoms. The molecule has 1 saturated carbocycles. The van der Waals surface area contributed by atoms with Crippen LogP contribution in [0.4, 0.5) is 45.6 Å². The van der Waals surface area contributed by atoms with Gasteiger partial charge in [0, 0.05) is 18.4 Å². The summed E-state index contributed by atoms with van der Waals surface area (Å²) in [7, 11) is 0. The van der Waals surface area contributed by atoms with Crippen LogP contribution in [0.5, 0.6) is 5.75 Å². The molecular formula is C23H27F8N3O4. The van der Waals surface area contributed by atoms with Crippen molar-refractivity contribution in [3.63, 3.8) is 0 Å². The van der Waals surface area contributed by atoms with E-state index in [0.717, 1.165) is 6.07 Å². The topological polar surface area (TPSA) is 80.9 Å². The van der Waals surface area contributed by atoms with E-state index in [1.807, 2.05) is 0 Å². The molecule has 0 bridgehead atoms. The summed E-state index contributed by atoms with van der Waals surface area (Å²) in [4.78, 5) is 12.6. The molecular weight excluding hydrogens is 534 g/mol. The minimum atomic E-state index is -5.02. The van der Waals surface area contributed by atoms with Crippen LogP contribution in [0, 0.1) is 11.7 Å². The number of amides is 2. The number of ether oxygens (including phenoxy) is 3. The first-order valence-electron chi connectivity index (χ1n) is 12.1. The van der Waals surface area contributed by atoms with Crippen LogP contribution in [-0.4, -0.2) is 61.9 Å². The van der Waals surface area contributed by atoms with E-state index in [1.165, 1.54) is 0 Å². The van der Waals surface area contributed by atoms with Crippen LogP contribution in [0.15, 0.2) is 18.2 Å². The van der Waals surface area contributed by atoms with Crippen LogP contribution >= 0.6 is 0 Å². The van der Waals surface area contributed by atoms with Gasteiger partial charge in [0.2, 0.25) is 0 Å². The van der Waals surface area contributed by atoms with Gasteiger partial charge in [-0.2, -0.15) is 13.2 Å². The van der Waals surface area contributed by atoms with Crippen molar-refractivity contribution in [2.24, 2.45) is 5.92 Å². The number of nitrogens with one attached hydrogen (secondary N) is 3. The maximum absolute atomic E-state index is 14.2. The second kappa shape index (κ2) is 11.0. The zero-order valence-electron chi connectivity index (χ0n) is 19.9. The van der Waals surface area contributed by atoms with Gasteiger partial charge in [-0.3, -0.25) is 5.32 Å². The van der Waals surface area contributed by atoms with Crippen molar-refractivity contribution in [2.75, 3.05) is 18.5 Å². The van der Waals surface area contributed by atoms with Crippen molar-refractivity contribution in [3.05, 3.63) is 24.0 Å². The SMILES string of the molecule is O=C(Nc1cc(OC(F)(F)F)ccc1F)NC1CCCNC1OC1CCC(F)CC1[C@@]1(C(F)(F)F)CCO1. The Balaban J connectivity index is 1.44. The molecule has 214 valence electrons. The van der Waals surface area contributed by atoms with Gasteiger partial charge in [0.1, 0.15) is 24.0 Å². The van der Waals surface area contributed by atoms with E-state index in [0.29, 0.717) is 31.5 Å². The normalized spacial score (nSPS) is 32.3. The summed E-state index contributed by atoms with van der Waals surface area (Å²) < 4.78 is 122. The third-order valence-electron chi connectivity index (χ3n) is 7.10. The van der Waals surface area contributed by atoms with Gasteiger partial charge in [0.15, 0.2) is 5.60 Å². The van der Waals surface area contributed by atoms with Gasteiger partial charge in [-0.1, -0.05) is 0 Å². The van der Waals surface area contributed by atoms with Gasteiger partial charge >= 0.3 is 18.6 Å². The summed E-state index contributed by atoms with van der Waals surface area (Å²) in [6.45, 7) is 0.331. The van der Waals surface area contributed by atoms with Crippen LogP contribution in [0.1, 0.15) is 38.5 Å². The lowest BCUT2D eigenvalue weighted by molar-refractivity contribution is -0.360. The molecule has 6 atom stereocenters. The lowest BCUT2D eigenvalue weighted by atomic mass is 9.70. The van der Waals surface area contributed by atoms with E-state index in [-0.39, 0.29) is 32.3 Å². The summed E-state index contributed by atoms with van der Waals surface area (Å²) in [5.74, 6) is -3.06. The molecule has 0 aromatic heterocycles. The van der Waals surface area contributed by atoms with E-state index in [9.17, 15) is 39.9 Å². The highest BCUT2D eigenvalue weighted by Gasteiger charge is 2.67. The van der Waals surface area contributed by atoms with Crippen molar-refractivity contribution in [1.29, 1.82) is 0 Å². The summed E-state index contributed by atoms with van der Waals surface area (Å²) >= 11 is 0. The summed E-state index contributed by atoms with van der Waals surface area (Å²) in [5.41, 5.74) is -3.08. The first kappa shape index (κ1) is 28.6. The van der Waals surface area contributed by atoms with Crippen LogP contribution < -0.4 is 20.7 Å². The van der Waals surface area contributed by atoms with E-state index in [2.05, 4.69) is 20.7 Å². The highest BCUT2D eigenvalue weighted by Crippen LogP contribution is 2.53. The summed E-state index contributed by atoms with van der Waals surface area (Å²) in [5, 5.41) is 7.63. The maximum atomic E-state index is 14.2. The molecule has 3 aliphatic rings. The van der Waals surface area contributed by atoms with Crippen LogP contribution in [0.25, 0.3) is 0 Å². The predicted molar refractivity (Wildman–Crippen MR) is 117 cm³/mol. The Kier molecular flexibility index (Phi) is 8.28. The van der Waals surface area contributed by atoms with Gasteiger partial charge in [-0.15, -0.1) is 13.2 Å². The van der Waals surface area contributed by atoms with Crippen molar-refractivity contribution >= 4 is 11.7 Å². The number of hydrogen-bond acceptors (Lipinski definition) is 5. The predicted octanol–water partition coefficient (Wildman–Crippen LogP) is 5.17. The molecule has 7 nitrogen and oxygen atoms in total. The molecule has 3 N–H and O–H groups in total. The van der Waals surface area contributed by atoms with Gasteiger partial charge in [-0.05, 0) is 50.8 Å². The number of carbonyl (C=O) groups is 1. The average molecular weight is 561 g/mol. The Bertz CT molecular complexity index is 988. The van der Waals surface area contributed by atoms with Gasteiger partial charge in [0.25, 0.3) is 0 Å². The van der Waals surface area contributed by atoms with E-state index < -0.39 is 71.9 Å². The largest absolute Gasteiger partial charge is 0.573 e. The molecule has 4 rings (SSSR count). The number of piperidine rings is 1. The number of urea groups is 1. The van der Waals surface area contributed by atoms with Crippen LogP contribution in [-0.2, 0) is 9.47 Å². The molecule has 0 radical (unpaired) electrons. The Morgan fingerprint density at radius 2 is 1.87 bits per heavy atom. The summed E-state index contributed by atoms with van der Waals surface area (Å²) in [6, 6.07) is 0.321. The van der Waals surface area contributed by atoms with Gasteiger partial charge in [-0.25, -0.2) is 13.6 Å². The third kappa shape index (κ3) is 6.42. The quantitative estimate of drug-likeness (QED) is 0.418. The minimum absolute atomic E-state index is 0.00994. The fourth-order valence-electron chi connectivity index (χ4n) is 5.26. The second-order valence-electron chi connectivity index (χ2n) is 9.59. The number of rotatable bonds is 6. The maximum Gasteiger partial charge on any atom is 0.573 e. The molecule has 0 spiro atoms. The lowest BCUT2D eigenvalue weighted by Gasteiger charge is -2.52. The third-order valence-corrected chi connectivity index (χ3v) is 7.10. The van der Waals surface area contributed by atoms with Crippen molar-refractivity contribution in [2.45, 2.75) is 81.2 Å². The molecule has 1 aromatic carbocycles. The van der Waals surface area contributed by atoms with Gasteiger partial charge in [0.05, 0.1) is 24.4 Å². The molecule has 2 amide bonds. The number of benzene rings is 1. The van der Waals surface area contributed by atoms with Crippen molar-refractivity contribution in [3.8, 4) is 5.75 Å². The average Bonchev–Trinajstić information content (AvgIpc) is 2.76. The second-order valence-corrected chi connectivity index (χ2v) is 9.59. The van der Waals surface area contributed by atoms with Crippen LogP contribution in [0.2, 0.25) is 0 Å². The fourth-order valence-corrected chi connectivity index (χ4v) is 5.26. The molecule has 1 aromatic rings. The first-order chi connectivity index (χ1) is 17.8. The Labute approximate surface area is 212 Å². The number of halogens is 8. The number of anilines is 1. The number of hydrogen-bond donors (Lipinski definition) is 3. The molecule has 1 aliphatic carbocycles. The Morgan fingerprint density at radius 1 is 1.13 bits per heavy atom. The van der Waals surface area contributed by atoms with E-state index in [4.69, 9.17) is 9.47 Å². The molecule has 38 heavy (non-hydrogen) atoms. The zero-order valence-corrected chi connectivity index (χ0v) is 19.9. The number of carbonyl (C=O) groups excluding carboxylic acids is 1.